The maximum absolute atomic E-state index is 12.1. The molecule has 0 radical (unpaired) electrons. The molecule has 1 aliphatic heterocycles. The van der Waals surface area contributed by atoms with E-state index in [1.54, 1.807) is 0 Å². The van der Waals surface area contributed by atoms with Gasteiger partial charge in [-0.25, -0.2) is 0 Å². The van der Waals surface area contributed by atoms with E-state index in [1.807, 2.05) is 18.7 Å². The summed E-state index contributed by atoms with van der Waals surface area (Å²) >= 11 is 0. The smallest absolute Gasteiger partial charge is 0.226 e. The summed E-state index contributed by atoms with van der Waals surface area (Å²) in [6.07, 6.45) is 1.13. The summed E-state index contributed by atoms with van der Waals surface area (Å²) < 4.78 is 0. The molecular weight excluding hydrogens is 200 g/mol. The van der Waals surface area contributed by atoms with Crippen LogP contribution in [0.25, 0.3) is 0 Å². The van der Waals surface area contributed by atoms with Gasteiger partial charge in [0, 0.05) is 19.1 Å². The van der Waals surface area contributed by atoms with E-state index < -0.39 is 0 Å². The number of nitrogens with two attached hydrogens (primary N) is 1. The molecule has 1 fully saturated rings. The number of hydrogen-bond acceptors (Lipinski definition) is 2. The fraction of sp³-hybridized carbons (Fsp3) is 0.923. The predicted octanol–water partition coefficient (Wildman–Crippen LogP) is 1.86. The third kappa shape index (κ3) is 2.97. The molecule has 1 aliphatic rings. The number of likely N-dealkylation sites (tertiary alicyclic amines) is 1. The fourth-order valence-electron chi connectivity index (χ4n) is 2.18. The SMILES string of the molecule is CC(N)C(C)C(=O)N1CCC(C(C)(C)C)C1. The van der Waals surface area contributed by atoms with E-state index in [0.29, 0.717) is 11.3 Å². The van der Waals surface area contributed by atoms with Crippen LogP contribution in [0.15, 0.2) is 0 Å². The van der Waals surface area contributed by atoms with Crippen molar-refractivity contribution in [2.45, 2.75) is 47.1 Å². The standard InChI is InChI=1S/C13H26N2O/c1-9(10(2)14)12(16)15-7-6-11(8-15)13(3,4)5/h9-11H,6-8,14H2,1-5H3. The monoisotopic (exact) mass is 226 g/mol. The lowest BCUT2D eigenvalue weighted by atomic mass is 9.80. The summed E-state index contributed by atoms with van der Waals surface area (Å²) in [4.78, 5) is 14.1. The molecule has 0 aromatic rings. The summed E-state index contributed by atoms with van der Waals surface area (Å²) in [5.74, 6) is 0.789. The third-order valence-electron chi connectivity index (χ3n) is 3.90. The van der Waals surface area contributed by atoms with Gasteiger partial charge in [0.05, 0.1) is 5.92 Å². The van der Waals surface area contributed by atoms with E-state index in [-0.39, 0.29) is 17.9 Å². The number of carbonyl (C=O) groups is 1. The molecule has 0 bridgehead atoms. The zero-order valence-electron chi connectivity index (χ0n) is 11.3. The molecule has 0 aromatic carbocycles. The van der Waals surface area contributed by atoms with Crippen molar-refractivity contribution in [2.75, 3.05) is 13.1 Å². The lowest BCUT2D eigenvalue weighted by Gasteiger charge is -2.28. The van der Waals surface area contributed by atoms with Crippen molar-refractivity contribution >= 4 is 5.91 Å². The second kappa shape index (κ2) is 4.74. The van der Waals surface area contributed by atoms with Crippen LogP contribution >= 0.6 is 0 Å². The molecule has 3 atom stereocenters. The summed E-state index contributed by atoms with van der Waals surface area (Å²) in [5.41, 5.74) is 6.08. The number of hydrogen-bond donors (Lipinski definition) is 1. The van der Waals surface area contributed by atoms with Gasteiger partial charge >= 0.3 is 0 Å². The molecule has 1 rings (SSSR count). The molecule has 3 heteroatoms. The van der Waals surface area contributed by atoms with Crippen molar-refractivity contribution in [3.8, 4) is 0 Å². The minimum absolute atomic E-state index is 0.0545. The topological polar surface area (TPSA) is 46.3 Å². The average Bonchev–Trinajstić information content (AvgIpc) is 2.63. The zero-order chi connectivity index (χ0) is 12.5. The normalized spacial score (nSPS) is 25.6. The van der Waals surface area contributed by atoms with E-state index in [1.165, 1.54) is 0 Å². The van der Waals surface area contributed by atoms with Crippen molar-refractivity contribution in [1.82, 2.24) is 4.90 Å². The minimum Gasteiger partial charge on any atom is -0.342 e. The first-order valence-corrected chi connectivity index (χ1v) is 6.28. The molecule has 0 saturated carbocycles. The lowest BCUT2D eigenvalue weighted by molar-refractivity contribution is -0.134. The highest BCUT2D eigenvalue weighted by Crippen LogP contribution is 2.34. The van der Waals surface area contributed by atoms with E-state index in [2.05, 4.69) is 20.8 Å². The van der Waals surface area contributed by atoms with E-state index in [9.17, 15) is 4.79 Å². The first-order valence-electron chi connectivity index (χ1n) is 6.28. The molecule has 94 valence electrons. The fourth-order valence-corrected chi connectivity index (χ4v) is 2.18. The van der Waals surface area contributed by atoms with Gasteiger partial charge in [-0.05, 0) is 24.7 Å². The van der Waals surface area contributed by atoms with Gasteiger partial charge in [0.15, 0.2) is 0 Å². The molecular formula is C13H26N2O. The Bertz CT molecular complexity index is 255. The zero-order valence-corrected chi connectivity index (χ0v) is 11.3. The molecule has 0 aromatic heterocycles. The number of carbonyl (C=O) groups excluding carboxylic acids is 1. The average molecular weight is 226 g/mol. The van der Waals surface area contributed by atoms with Crippen molar-refractivity contribution in [3.63, 3.8) is 0 Å². The number of nitrogens with zero attached hydrogens (tertiary/aromatic N) is 1. The van der Waals surface area contributed by atoms with Crippen LogP contribution in [0.1, 0.15) is 41.0 Å². The Morgan fingerprint density at radius 3 is 2.31 bits per heavy atom. The van der Waals surface area contributed by atoms with Crippen LogP contribution in [0.3, 0.4) is 0 Å². The molecule has 16 heavy (non-hydrogen) atoms. The Balaban J connectivity index is 2.57. The van der Waals surface area contributed by atoms with Gasteiger partial charge in [0.2, 0.25) is 5.91 Å². The van der Waals surface area contributed by atoms with Crippen molar-refractivity contribution in [3.05, 3.63) is 0 Å². The highest BCUT2D eigenvalue weighted by atomic mass is 16.2. The summed E-state index contributed by atoms with van der Waals surface area (Å²) in [6, 6.07) is -0.0545. The van der Waals surface area contributed by atoms with E-state index in [4.69, 9.17) is 5.73 Å². The molecule has 1 saturated heterocycles. The molecule has 1 amide bonds. The van der Waals surface area contributed by atoms with Crippen LogP contribution in [0.5, 0.6) is 0 Å². The van der Waals surface area contributed by atoms with Gasteiger partial charge in [-0.2, -0.15) is 0 Å². The van der Waals surface area contributed by atoms with Gasteiger partial charge in [-0.3, -0.25) is 4.79 Å². The Kier molecular flexibility index (Phi) is 4.00. The van der Waals surface area contributed by atoms with Crippen LogP contribution in [0.2, 0.25) is 0 Å². The van der Waals surface area contributed by atoms with Gasteiger partial charge in [0.25, 0.3) is 0 Å². The first-order chi connectivity index (χ1) is 7.23. The summed E-state index contributed by atoms with van der Waals surface area (Å²) in [6.45, 7) is 12.4. The third-order valence-corrected chi connectivity index (χ3v) is 3.90. The molecule has 0 spiro atoms. The maximum atomic E-state index is 12.1. The van der Waals surface area contributed by atoms with Crippen molar-refractivity contribution < 1.29 is 4.79 Å². The van der Waals surface area contributed by atoms with Crippen LogP contribution in [-0.2, 0) is 4.79 Å². The molecule has 3 unspecified atom stereocenters. The van der Waals surface area contributed by atoms with Crippen molar-refractivity contribution in [1.29, 1.82) is 0 Å². The quantitative estimate of drug-likeness (QED) is 0.781. The van der Waals surface area contributed by atoms with Gasteiger partial charge in [0.1, 0.15) is 0 Å². The highest BCUT2D eigenvalue weighted by Gasteiger charge is 2.35. The number of amides is 1. The van der Waals surface area contributed by atoms with Gasteiger partial charge < -0.3 is 10.6 Å². The Labute approximate surface area is 99.4 Å². The number of rotatable bonds is 2. The summed E-state index contributed by atoms with van der Waals surface area (Å²) in [5, 5.41) is 0. The Hall–Kier alpha value is -0.570. The highest BCUT2D eigenvalue weighted by molar-refractivity contribution is 5.79. The Morgan fingerprint density at radius 2 is 1.94 bits per heavy atom. The largest absolute Gasteiger partial charge is 0.342 e. The Morgan fingerprint density at radius 1 is 1.38 bits per heavy atom. The van der Waals surface area contributed by atoms with Crippen LogP contribution in [0.4, 0.5) is 0 Å². The van der Waals surface area contributed by atoms with Gasteiger partial charge in [-0.1, -0.05) is 27.7 Å². The second-order valence-electron chi connectivity index (χ2n) is 6.28. The van der Waals surface area contributed by atoms with E-state index in [0.717, 1.165) is 19.5 Å². The van der Waals surface area contributed by atoms with Crippen LogP contribution < -0.4 is 5.73 Å². The molecule has 3 nitrogen and oxygen atoms in total. The molecule has 0 aliphatic carbocycles. The minimum atomic E-state index is -0.0567. The summed E-state index contributed by atoms with van der Waals surface area (Å²) in [7, 11) is 0. The molecule has 1 heterocycles. The van der Waals surface area contributed by atoms with Crippen LogP contribution in [0, 0.1) is 17.3 Å². The predicted molar refractivity (Wildman–Crippen MR) is 67.0 cm³/mol. The van der Waals surface area contributed by atoms with Crippen molar-refractivity contribution in [2.24, 2.45) is 23.0 Å². The second-order valence-corrected chi connectivity index (χ2v) is 6.28. The lowest BCUT2D eigenvalue weighted by Crippen LogP contribution is -2.41. The van der Waals surface area contributed by atoms with Crippen LogP contribution in [-0.4, -0.2) is 29.9 Å². The molecule has 2 N–H and O–H groups in total. The first kappa shape index (κ1) is 13.5. The van der Waals surface area contributed by atoms with E-state index >= 15 is 0 Å². The maximum Gasteiger partial charge on any atom is 0.226 e. The van der Waals surface area contributed by atoms with Gasteiger partial charge in [-0.15, -0.1) is 0 Å².